The first kappa shape index (κ1) is 14.6. The van der Waals surface area contributed by atoms with E-state index in [-0.39, 0.29) is 0 Å². The SMILES string of the molecule is c1cnc(NC[C@@H]2CCC[C@@H]3CN(Cc4ccn[nH]4)C[C@@H]32)nc1. The van der Waals surface area contributed by atoms with Crippen molar-refractivity contribution in [3.8, 4) is 0 Å². The van der Waals surface area contributed by atoms with Crippen molar-refractivity contribution in [3.05, 3.63) is 36.4 Å². The van der Waals surface area contributed by atoms with Gasteiger partial charge in [-0.15, -0.1) is 0 Å². The summed E-state index contributed by atoms with van der Waals surface area (Å²) in [6, 6.07) is 3.93. The van der Waals surface area contributed by atoms with Gasteiger partial charge < -0.3 is 5.32 Å². The molecule has 0 bridgehead atoms. The van der Waals surface area contributed by atoms with Gasteiger partial charge >= 0.3 is 0 Å². The smallest absolute Gasteiger partial charge is 0.222 e. The molecular weight excluding hydrogens is 288 g/mol. The highest BCUT2D eigenvalue weighted by Gasteiger charge is 2.39. The lowest BCUT2D eigenvalue weighted by atomic mass is 9.74. The Morgan fingerprint density at radius 1 is 1.17 bits per heavy atom. The lowest BCUT2D eigenvalue weighted by molar-refractivity contribution is 0.207. The van der Waals surface area contributed by atoms with Crippen LogP contribution in [-0.4, -0.2) is 44.7 Å². The summed E-state index contributed by atoms with van der Waals surface area (Å²) in [4.78, 5) is 11.1. The minimum atomic E-state index is 0.726. The molecule has 2 N–H and O–H groups in total. The summed E-state index contributed by atoms with van der Waals surface area (Å²) >= 11 is 0. The molecule has 3 atom stereocenters. The van der Waals surface area contributed by atoms with Gasteiger partial charge in [-0.05, 0) is 42.7 Å². The van der Waals surface area contributed by atoms with E-state index in [0.717, 1.165) is 36.8 Å². The lowest BCUT2D eigenvalue weighted by Crippen LogP contribution is -2.32. The number of aromatic amines is 1. The molecule has 1 aliphatic heterocycles. The van der Waals surface area contributed by atoms with Gasteiger partial charge in [-0.25, -0.2) is 9.97 Å². The standard InChI is InChI=1S/C17H24N6/c1-3-13(9-20-17-18-6-2-7-19-17)16-12-23(10-14(16)4-1)11-15-5-8-21-22-15/h2,5-8,13-14,16H,1,3-4,9-12H2,(H,21,22)(H,18,19,20)/t13-,14+,16+/m0/s1. The molecule has 1 aliphatic carbocycles. The third kappa shape index (κ3) is 3.37. The largest absolute Gasteiger partial charge is 0.354 e. The van der Waals surface area contributed by atoms with Crippen molar-refractivity contribution in [1.82, 2.24) is 25.1 Å². The Bertz CT molecular complexity index is 599. The number of hydrogen-bond donors (Lipinski definition) is 2. The number of rotatable bonds is 5. The number of fused-ring (bicyclic) bond motifs is 1. The molecule has 1 saturated carbocycles. The van der Waals surface area contributed by atoms with Crippen molar-refractivity contribution in [3.63, 3.8) is 0 Å². The highest BCUT2D eigenvalue weighted by Crippen LogP contribution is 2.40. The van der Waals surface area contributed by atoms with Crippen LogP contribution < -0.4 is 5.32 Å². The molecule has 23 heavy (non-hydrogen) atoms. The van der Waals surface area contributed by atoms with Crippen LogP contribution >= 0.6 is 0 Å². The van der Waals surface area contributed by atoms with Crippen molar-refractivity contribution >= 4 is 5.95 Å². The Morgan fingerprint density at radius 3 is 2.91 bits per heavy atom. The Hall–Kier alpha value is -1.95. The summed E-state index contributed by atoms with van der Waals surface area (Å²) in [5.74, 6) is 3.12. The van der Waals surface area contributed by atoms with E-state index in [1.165, 1.54) is 38.0 Å². The summed E-state index contributed by atoms with van der Waals surface area (Å²) in [6.45, 7) is 4.41. The minimum Gasteiger partial charge on any atom is -0.354 e. The molecule has 6 nitrogen and oxygen atoms in total. The van der Waals surface area contributed by atoms with E-state index in [1.54, 1.807) is 12.4 Å². The molecule has 2 aromatic rings. The van der Waals surface area contributed by atoms with E-state index in [4.69, 9.17) is 0 Å². The first-order valence-corrected chi connectivity index (χ1v) is 8.60. The van der Waals surface area contributed by atoms with Crippen molar-refractivity contribution in [2.75, 3.05) is 25.0 Å². The molecule has 4 rings (SSSR count). The van der Waals surface area contributed by atoms with Crippen molar-refractivity contribution in [2.45, 2.75) is 25.8 Å². The average Bonchev–Trinajstić information content (AvgIpc) is 3.23. The second-order valence-electron chi connectivity index (χ2n) is 6.84. The van der Waals surface area contributed by atoms with Gasteiger partial charge in [0.2, 0.25) is 5.95 Å². The summed E-state index contributed by atoms with van der Waals surface area (Å²) in [6.07, 6.45) is 9.47. The monoisotopic (exact) mass is 312 g/mol. The summed E-state index contributed by atoms with van der Waals surface area (Å²) in [7, 11) is 0. The number of nitrogens with one attached hydrogen (secondary N) is 2. The van der Waals surface area contributed by atoms with Crippen molar-refractivity contribution in [1.29, 1.82) is 0 Å². The number of anilines is 1. The highest BCUT2D eigenvalue weighted by molar-refractivity contribution is 5.22. The second kappa shape index (κ2) is 6.66. The van der Waals surface area contributed by atoms with Crippen LogP contribution in [0.2, 0.25) is 0 Å². The van der Waals surface area contributed by atoms with Gasteiger partial charge in [-0.2, -0.15) is 5.10 Å². The predicted molar refractivity (Wildman–Crippen MR) is 88.7 cm³/mol. The van der Waals surface area contributed by atoms with Crippen molar-refractivity contribution < 1.29 is 0 Å². The Labute approximate surface area is 136 Å². The molecule has 6 heteroatoms. The van der Waals surface area contributed by atoms with Crippen LogP contribution in [0.25, 0.3) is 0 Å². The molecule has 0 unspecified atom stereocenters. The van der Waals surface area contributed by atoms with Gasteiger partial charge in [0.05, 0.1) is 0 Å². The van der Waals surface area contributed by atoms with Crippen LogP contribution in [0, 0.1) is 17.8 Å². The highest BCUT2D eigenvalue weighted by atomic mass is 15.2. The first-order chi connectivity index (χ1) is 11.4. The zero-order chi connectivity index (χ0) is 15.5. The topological polar surface area (TPSA) is 69.7 Å². The molecule has 2 aliphatic rings. The van der Waals surface area contributed by atoms with E-state index in [0.29, 0.717) is 0 Å². The fourth-order valence-electron chi connectivity index (χ4n) is 4.29. The molecule has 1 saturated heterocycles. The molecule has 3 heterocycles. The Morgan fingerprint density at radius 2 is 2.09 bits per heavy atom. The number of likely N-dealkylation sites (tertiary alicyclic amines) is 1. The average molecular weight is 312 g/mol. The third-order valence-electron chi connectivity index (χ3n) is 5.36. The molecule has 2 aromatic heterocycles. The van der Waals surface area contributed by atoms with E-state index in [1.807, 2.05) is 12.3 Å². The van der Waals surface area contributed by atoms with Gasteiger partial charge in [0.25, 0.3) is 0 Å². The zero-order valence-corrected chi connectivity index (χ0v) is 13.4. The number of aromatic nitrogens is 4. The molecule has 0 aromatic carbocycles. The lowest BCUT2D eigenvalue weighted by Gasteiger charge is -2.33. The maximum atomic E-state index is 4.27. The Balaban J connectivity index is 1.35. The number of nitrogens with zero attached hydrogens (tertiary/aromatic N) is 4. The van der Waals surface area contributed by atoms with Crippen LogP contribution in [0.5, 0.6) is 0 Å². The molecule has 0 spiro atoms. The quantitative estimate of drug-likeness (QED) is 0.885. The fraction of sp³-hybridized carbons (Fsp3) is 0.588. The van der Waals surface area contributed by atoms with Crippen molar-refractivity contribution in [2.24, 2.45) is 17.8 Å². The van der Waals surface area contributed by atoms with Crippen LogP contribution in [0.15, 0.2) is 30.7 Å². The van der Waals surface area contributed by atoms with E-state index >= 15 is 0 Å². The normalized spacial score (nSPS) is 27.7. The van der Waals surface area contributed by atoms with Crippen LogP contribution in [0.3, 0.4) is 0 Å². The molecule has 0 radical (unpaired) electrons. The molecule has 2 fully saturated rings. The summed E-state index contributed by atoms with van der Waals surface area (Å²) in [5.41, 5.74) is 1.22. The maximum absolute atomic E-state index is 4.27. The van der Waals surface area contributed by atoms with Crippen LogP contribution in [-0.2, 0) is 6.54 Å². The summed E-state index contributed by atoms with van der Waals surface area (Å²) in [5, 5.41) is 10.6. The van der Waals surface area contributed by atoms with Crippen LogP contribution in [0.1, 0.15) is 25.0 Å². The van der Waals surface area contributed by atoms with Gasteiger partial charge in [0.1, 0.15) is 0 Å². The Kier molecular flexibility index (Phi) is 4.24. The van der Waals surface area contributed by atoms with Gasteiger partial charge in [0, 0.05) is 50.5 Å². The van der Waals surface area contributed by atoms with E-state index < -0.39 is 0 Å². The summed E-state index contributed by atoms with van der Waals surface area (Å²) < 4.78 is 0. The minimum absolute atomic E-state index is 0.726. The predicted octanol–water partition coefficient (Wildman–Crippen LogP) is 2.16. The zero-order valence-electron chi connectivity index (χ0n) is 13.4. The van der Waals surface area contributed by atoms with Gasteiger partial charge in [-0.1, -0.05) is 6.42 Å². The first-order valence-electron chi connectivity index (χ1n) is 8.60. The number of H-pyrrole nitrogens is 1. The van der Waals surface area contributed by atoms with E-state index in [2.05, 4.69) is 36.4 Å². The fourth-order valence-corrected chi connectivity index (χ4v) is 4.29. The molecule has 122 valence electrons. The van der Waals surface area contributed by atoms with Crippen LogP contribution in [0.4, 0.5) is 5.95 Å². The third-order valence-corrected chi connectivity index (χ3v) is 5.36. The molecule has 0 amide bonds. The van der Waals surface area contributed by atoms with E-state index in [9.17, 15) is 0 Å². The van der Waals surface area contributed by atoms with Gasteiger partial charge in [-0.3, -0.25) is 10.00 Å². The number of hydrogen-bond acceptors (Lipinski definition) is 5. The molecular formula is C17H24N6. The van der Waals surface area contributed by atoms with Gasteiger partial charge in [0.15, 0.2) is 0 Å². The maximum Gasteiger partial charge on any atom is 0.222 e. The second-order valence-corrected chi connectivity index (χ2v) is 6.84.